The first-order valence-electron chi connectivity index (χ1n) is 9.97. The van der Waals surface area contributed by atoms with Crippen molar-refractivity contribution in [2.24, 2.45) is 10.9 Å². The van der Waals surface area contributed by atoms with E-state index in [1.807, 2.05) is 45.0 Å². The normalized spacial score (nSPS) is 12.6. The van der Waals surface area contributed by atoms with E-state index in [4.69, 9.17) is 9.47 Å². The zero-order valence-electron chi connectivity index (χ0n) is 17.9. The van der Waals surface area contributed by atoms with Gasteiger partial charge in [0.05, 0.1) is 18.8 Å². The Bertz CT molecular complexity index is 553. The first kappa shape index (κ1) is 26.9. The Balaban J connectivity index is 0.00000729. The maximum Gasteiger partial charge on any atom is 0.191 e. The summed E-state index contributed by atoms with van der Waals surface area (Å²) >= 11 is 0. The molecule has 0 aliphatic heterocycles. The first-order chi connectivity index (χ1) is 12.9. The second kappa shape index (κ2) is 15.8. The fraction of sp³-hybridized carbons (Fsp3) is 0.667. The summed E-state index contributed by atoms with van der Waals surface area (Å²) in [6.07, 6.45) is 0.337. The highest BCUT2D eigenvalue weighted by Gasteiger charge is 2.09. The number of nitrogens with one attached hydrogen (secondary N) is 2. The molecule has 0 spiro atoms. The molecule has 0 amide bonds. The molecule has 0 heterocycles. The zero-order chi connectivity index (χ0) is 20.1. The van der Waals surface area contributed by atoms with Crippen LogP contribution >= 0.6 is 24.0 Å². The molecular formula is C21H38IN3O3. The monoisotopic (exact) mass is 507 g/mol. The smallest absolute Gasteiger partial charge is 0.191 e. The summed E-state index contributed by atoms with van der Waals surface area (Å²) in [6, 6.07) is 7.54. The summed E-state index contributed by atoms with van der Waals surface area (Å²) in [5.41, 5.74) is 0.801. The van der Waals surface area contributed by atoms with Gasteiger partial charge in [0.15, 0.2) is 5.96 Å². The Labute approximate surface area is 187 Å². The Hall–Kier alpha value is -1.06. The van der Waals surface area contributed by atoms with Crippen molar-refractivity contribution < 1.29 is 14.6 Å². The summed E-state index contributed by atoms with van der Waals surface area (Å²) in [5, 5.41) is 16.9. The van der Waals surface area contributed by atoms with Gasteiger partial charge in [-0.05, 0) is 50.8 Å². The van der Waals surface area contributed by atoms with E-state index in [1.165, 1.54) is 0 Å². The van der Waals surface area contributed by atoms with Crippen LogP contribution in [0.3, 0.4) is 0 Å². The number of halogens is 1. The van der Waals surface area contributed by atoms with Gasteiger partial charge in [-0.25, -0.2) is 0 Å². The topological polar surface area (TPSA) is 75.1 Å². The van der Waals surface area contributed by atoms with Gasteiger partial charge in [0.1, 0.15) is 5.75 Å². The minimum atomic E-state index is -0.675. The van der Waals surface area contributed by atoms with Crippen LogP contribution in [-0.4, -0.2) is 50.0 Å². The minimum absolute atomic E-state index is 0. The Morgan fingerprint density at radius 1 is 1.18 bits per heavy atom. The lowest BCUT2D eigenvalue weighted by molar-refractivity contribution is 0.108. The molecule has 162 valence electrons. The number of guanidine groups is 1. The van der Waals surface area contributed by atoms with Crippen molar-refractivity contribution in [3.63, 3.8) is 0 Å². The highest BCUT2D eigenvalue weighted by molar-refractivity contribution is 14.0. The molecule has 0 saturated heterocycles. The summed E-state index contributed by atoms with van der Waals surface area (Å²) in [4.78, 5) is 4.49. The third kappa shape index (κ3) is 12.4. The quantitative estimate of drug-likeness (QED) is 0.174. The third-order valence-electron chi connectivity index (χ3n) is 3.59. The van der Waals surface area contributed by atoms with Crippen LogP contribution < -0.4 is 15.4 Å². The van der Waals surface area contributed by atoms with Crippen molar-refractivity contribution in [1.29, 1.82) is 0 Å². The average Bonchev–Trinajstić information content (AvgIpc) is 2.61. The van der Waals surface area contributed by atoms with Crippen LogP contribution in [-0.2, 0) is 4.74 Å². The standard InChI is InChI=1S/C21H37N3O3.HI/c1-6-22-21(23-11-8-12-26-15-16(2)3)24-14-20(25)18-9-7-10-19(13-18)27-17(4)5;/h7,9-10,13,16-17,20,25H,6,8,11-12,14-15H2,1-5H3,(H2,22,23,24);1H. The molecule has 6 nitrogen and oxygen atoms in total. The van der Waals surface area contributed by atoms with Crippen molar-refractivity contribution in [2.45, 2.75) is 53.2 Å². The number of hydrogen-bond acceptors (Lipinski definition) is 4. The molecule has 0 aromatic heterocycles. The maximum absolute atomic E-state index is 10.5. The molecule has 3 N–H and O–H groups in total. The predicted molar refractivity (Wildman–Crippen MR) is 127 cm³/mol. The second-order valence-electron chi connectivity index (χ2n) is 7.22. The second-order valence-corrected chi connectivity index (χ2v) is 7.22. The van der Waals surface area contributed by atoms with Crippen molar-refractivity contribution >= 4 is 29.9 Å². The van der Waals surface area contributed by atoms with Gasteiger partial charge in [0, 0.05) is 26.3 Å². The van der Waals surface area contributed by atoms with Crippen molar-refractivity contribution in [3.8, 4) is 5.75 Å². The molecule has 0 saturated carbocycles. The van der Waals surface area contributed by atoms with Crippen LogP contribution in [0.4, 0.5) is 0 Å². The average molecular weight is 507 g/mol. The lowest BCUT2D eigenvalue weighted by Crippen LogP contribution is -2.38. The van der Waals surface area contributed by atoms with Crippen LogP contribution in [0, 0.1) is 5.92 Å². The molecule has 1 unspecified atom stereocenters. The molecule has 1 aromatic carbocycles. The molecule has 0 aliphatic rings. The predicted octanol–water partition coefficient (Wildman–Crippen LogP) is 3.74. The van der Waals surface area contributed by atoms with E-state index in [9.17, 15) is 5.11 Å². The van der Waals surface area contributed by atoms with Crippen LogP contribution in [0.2, 0.25) is 0 Å². The number of aliphatic hydroxyl groups is 1. The van der Waals surface area contributed by atoms with Gasteiger partial charge < -0.3 is 25.2 Å². The van der Waals surface area contributed by atoms with E-state index >= 15 is 0 Å². The van der Waals surface area contributed by atoms with E-state index < -0.39 is 6.10 Å². The van der Waals surface area contributed by atoms with Gasteiger partial charge in [-0.15, -0.1) is 24.0 Å². The molecule has 0 radical (unpaired) electrons. The van der Waals surface area contributed by atoms with Gasteiger partial charge in [0.2, 0.25) is 0 Å². The zero-order valence-corrected chi connectivity index (χ0v) is 20.2. The number of rotatable bonds is 12. The Morgan fingerprint density at radius 2 is 1.93 bits per heavy atom. The molecule has 7 heteroatoms. The van der Waals surface area contributed by atoms with E-state index in [1.54, 1.807) is 0 Å². The number of hydrogen-bond donors (Lipinski definition) is 3. The van der Waals surface area contributed by atoms with Gasteiger partial charge >= 0.3 is 0 Å². The van der Waals surface area contributed by atoms with Crippen LogP contribution in [0.15, 0.2) is 29.3 Å². The lowest BCUT2D eigenvalue weighted by Gasteiger charge is -2.15. The van der Waals surface area contributed by atoms with Crippen molar-refractivity contribution in [1.82, 2.24) is 10.6 Å². The van der Waals surface area contributed by atoms with Gasteiger partial charge in [-0.3, -0.25) is 4.99 Å². The molecule has 0 aliphatic carbocycles. The molecular weight excluding hydrogens is 469 g/mol. The van der Waals surface area contributed by atoms with E-state index in [2.05, 4.69) is 29.5 Å². The summed E-state index contributed by atoms with van der Waals surface area (Å²) in [6.45, 7) is 13.6. The SMILES string of the molecule is CCNC(=NCC(O)c1cccc(OC(C)C)c1)NCCCOCC(C)C.I. The van der Waals surface area contributed by atoms with E-state index in [0.717, 1.165) is 44.0 Å². The molecule has 1 aromatic rings. The van der Waals surface area contributed by atoms with Gasteiger partial charge in [0.25, 0.3) is 0 Å². The largest absolute Gasteiger partial charge is 0.491 e. The molecule has 0 bridgehead atoms. The number of ether oxygens (including phenoxy) is 2. The molecule has 1 rings (SSSR count). The number of aliphatic hydroxyl groups excluding tert-OH is 1. The van der Waals surface area contributed by atoms with Gasteiger partial charge in [-0.2, -0.15) is 0 Å². The maximum atomic E-state index is 10.5. The number of benzene rings is 1. The van der Waals surface area contributed by atoms with E-state index in [0.29, 0.717) is 11.9 Å². The summed E-state index contributed by atoms with van der Waals surface area (Å²) < 4.78 is 11.3. The molecule has 1 atom stereocenters. The number of aliphatic imine (C=N–C) groups is 1. The van der Waals surface area contributed by atoms with Gasteiger partial charge in [-0.1, -0.05) is 26.0 Å². The van der Waals surface area contributed by atoms with Crippen LogP contribution in [0.5, 0.6) is 5.75 Å². The Morgan fingerprint density at radius 3 is 2.57 bits per heavy atom. The van der Waals surface area contributed by atoms with Crippen LogP contribution in [0.25, 0.3) is 0 Å². The number of nitrogens with zero attached hydrogens (tertiary/aromatic N) is 1. The van der Waals surface area contributed by atoms with Crippen molar-refractivity contribution in [2.75, 3.05) is 32.8 Å². The van der Waals surface area contributed by atoms with E-state index in [-0.39, 0.29) is 36.6 Å². The fourth-order valence-electron chi connectivity index (χ4n) is 2.39. The van der Waals surface area contributed by atoms with Crippen molar-refractivity contribution in [3.05, 3.63) is 29.8 Å². The lowest BCUT2D eigenvalue weighted by atomic mass is 10.1. The Kier molecular flexibility index (Phi) is 15.2. The molecule has 0 fully saturated rings. The first-order valence-corrected chi connectivity index (χ1v) is 9.97. The van der Waals surface area contributed by atoms with Crippen LogP contribution in [0.1, 0.15) is 52.7 Å². The fourth-order valence-corrected chi connectivity index (χ4v) is 2.39. The minimum Gasteiger partial charge on any atom is -0.491 e. The highest BCUT2D eigenvalue weighted by atomic mass is 127. The third-order valence-corrected chi connectivity index (χ3v) is 3.59. The summed E-state index contributed by atoms with van der Waals surface area (Å²) in [5.74, 6) is 2.02. The molecule has 28 heavy (non-hydrogen) atoms. The summed E-state index contributed by atoms with van der Waals surface area (Å²) in [7, 11) is 0. The highest BCUT2D eigenvalue weighted by Crippen LogP contribution is 2.20.